The molecule has 3 aliphatic heterocycles. The second-order valence-corrected chi connectivity index (χ2v) is 8.04. The van der Waals surface area contributed by atoms with Gasteiger partial charge < -0.3 is 9.80 Å². The van der Waals surface area contributed by atoms with Gasteiger partial charge in [-0.1, -0.05) is 12.1 Å². The number of likely N-dealkylation sites (tertiary alicyclic amines) is 2. The summed E-state index contributed by atoms with van der Waals surface area (Å²) >= 11 is 0. The van der Waals surface area contributed by atoms with E-state index in [0.717, 1.165) is 38.8 Å². The van der Waals surface area contributed by atoms with E-state index in [2.05, 4.69) is 0 Å². The molecule has 0 saturated carbocycles. The van der Waals surface area contributed by atoms with E-state index in [9.17, 15) is 19.2 Å². The third-order valence-electron chi connectivity index (χ3n) is 6.18. The molecule has 0 aliphatic carbocycles. The first-order chi connectivity index (χ1) is 14.1. The van der Waals surface area contributed by atoms with E-state index in [-0.39, 0.29) is 29.7 Å². The van der Waals surface area contributed by atoms with E-state index < -0.39 is 0 Å². The van der Waals surface area contributed by atoms with Crippen LogP contribution in [0, 0.1) is 0 Å². The van der Waals surface area contributed by atoms with Gasteiger partial charge in [-0.25, -0.2) is 0 Å². The van der Waals surface area contributed by atoms with Gasteiger partial charge in [0.05, 0.1) is 11.1 Å². The van der Waals surface area contributed by atoms with Gasteiger partial charge in [0.2, 0.25) is 11.8 Å². The molecule has 0 N–H and O–H groups in total. The summed E-state index contributed by atoms with van der Waals surface area (Å²) in [5.41, 5.74) is 0.905. The molecule has 1 aromatic rings. The molecular weight excluding hydrogens is 370 g/mol. The van der Waals surface area contributed by atoms with Gasteiger partial charge in [-0.15, -0.1) is 0 Å². The molecule has 0 unspecified atom stereocenters. The Bertz CT molecular complexity index is 796. The van der Waals surface area contributed by atoms with Gasteiger partial charge in [-0.05, 0) is 50.7 Å². The standard InChI is InChI=1S/C22H27N3O4/c26-19(24-15-7-10-18(24)22(29)23-12-5-6-13-23)11-3-4-14-25-20(27)16-8-1-2-9-17(16)21(25)28/h1-2,8-9,18H,3-7,10-15H2/t18-/m0/s1. The SMILES string of the molecule is O=C([C@@H]1CCCN1C(=O)CCCCN1C(=O)c2ccccc2C1=O)N1CCCC1. The second kappa shape index (κ2) is 8.35. The molecule has 2 fully saturated rings. The highest BCUT2D eigenvalue weighted by Gasteiger charge is 2.37. The molecule has 0 bridgehead atoms. The Kier molecular flexibility index (Phi) is 5.65. The quantitative estimate of drug-likeness (QED) is 0.544. The molecule has 7 heteroatoms. The lowest BCUT2D eigenvalue weighted by Gasteiger charge is -2.28. The Balaban J connectivity index is 1.25. The number of nitrogens with zero attached hydrogens (tertiary/aromatic N) is 3. The average Bonchev–Trinajstić information content (AvgIpc) is 3.47. The van der Waals surface area contributed by atoms with Crippen molar-refractivity contribution in [1.29, 1.82) is 0 Å². The number of carbonyl (C=O) groups is 4. The highest BCUT2D eigenvalue weighted by atomic mass is 16.2. The minimum atomic E-state index is -0.308. The molecule has 3 heterocycles. The van der Waals surface area contributed by atoms with Crippen molar-refractivity contribution in [2.45, 2.75) is 51.0 Å². The number of rotatable bonds is 6. The minimum absolute atomic E-state index is 0.00223. The topological polar surface area (TPSA) is 78.0 Å². The van der Waals surface area contributed by atoms with Crippen LogP contribution in [0.1, 0.15) is 65.7 Å². The number of hydrogen-bond donors (Lipinski definition) is 0. The molecule has 0 radical (unpaired) electrons. The fourth-order valence-corrected chi connectivity index (χ4v) is 4.60. The maximum absolute atomic E-state index is 12.7. The molecule has 3 aliphatic rings. The molecule has 4 amide bonds. The zero-order chi connectivity index (χ0) is 20.4. The van der Waals surface area contributed by atoms with Crippen molar-refractivity contribution in [1.82, 2.24) is 14.7 Å². The zero-order valence-corrected chi connectivity index (χ0v) is 16.6. The van der Waals surface area contributed by atoms with Crippen LogP contribution in [0.4, 0.5) is 0 Å². The Morgan fingerprint density at radius 3 is 2.21 bits per heavy atom. The fraction of sp³-hybridized carbons (Fsp3) is 0.545. The lowest BCUT2D eigenvalue weighted by Crippen LogP contribution is -2.46. The molecule has 29 heavy (non-hydrogen) atoms. The summed E-state index contributed by atoms with van der Waals surface area (Å²) < 4.78 is 0. The van der Waals surface area contributed by atoms with E-state index in [0.29, 0.717) is 43.5 Å². The van der Waals surface area contributed by atoms with E-state index in [4.69, 9.17) is 0 Å². The summed E-state index contributed by atoms with van der Waals surface area (Å²) in [6, 6.07) is 6.54. The average molecular weight is 397 g/mol. The van der Waals surface area contributed by atoms with E-state index >= 15 is 0 Å². The van der Waals surface area contributed by atoms with Crippen molar-refractivity contribution in [3.8, 4) is 0 Å². The van der Waals surface area contributed by atoms with Gasteiger partial charge in [-0.3, -0.25) is 24.1 Å². The van der Waals surface area contributed by atoms with Crippen LogP contribution < -0.4 is 0 Å². The molecule has 7 nitrogen and oxygen atoms in total. The molecule has 0 spiro atoms. The Labute approximate surface area is 170 Å². The normalized spacial score (nSPS) is 21.2. The first kappa shape index (κ1) is 19.6. The minimum Gasteiger partial charge on any atom is -0.341 e. The smallest absolute Gasteiger partial charge is 0.261 e. The van der Waals surface area contributed by atoms with Crippen molar-refractivity contribution < 1.29 is 19.2 Å². The van der Waals surface area contributed by atoms with Crippen molar-refractivity contribution in [2.75, 3.05) is 26.2 Å². The zero-order valence-electron chi connectivity index (χ0n) is 16.6. The number of benzene rings is 1. The maximum Gasteiger partial charge on any atom is 0.261 e. The second-order valence-electron chi connectivity index (χ2n) is 8.04. The monoisotopic (exact) mass is 397 g/mol. The van der Waals surface area contributed by atoms with Crippen LogP contribution in [-0.4, -0.2) is 70.5 Å². The lowest BCUT2D eigenvalue weighted by atomic mass is 10.1. The lowest BCUT2D eigenvalue weighted by molar-refractivity contribution is -0.143. The van der Waals surface area contributed by atoms with Crippen LogP contribution in [0.25, 0.3) is 0 Å². The highest BCUT2D eigenvalue weighted by molar-refractivity contribution is 6.21. The van der Waals surface area contributed by atoms with Crippen molar-refractivity contribution in [2.24, 2.45) is 0 Å². The number of amides is 4. The summed E-state index contributed by atoms with van der Waals surface area (Å²) in [6.45, 7) is 2.56. The first-order valence-corrected chi connectivity index (χ1v) is 10.6. The van der Waals surface area contributed by atoms with Gasteiger partial charge in [-0.2, -0.15) is 0 Å². The van der Waals surface area contributed by atoms with Crippen LogP contribution in [0.15, 0.2) is 24.3 Å². The van der Waals surface area contributed by atoms with Crippen LogP contribution in [-0.2, 0) is 9.59 Å². The van der Waals surface area contributed by atoms with Crippen LogP contribution >= 0.6 is 0 Å². The van der Waals surface area contributed by atoms with Crippen LogP contribution in [0.2, 0.25) is 0 Å². The summed E-state index contributed by atoms with van der Waals surface area (Å²) in [5, 5.41) is 0. The predicted octanol–water partition coefficient (Wildman–Crippen LogP) is 2.07. The number of carbonyl (C=O) groups excluding carboxylic acids is 4. The molecule has 154 valence electrons. The van der Waals surface area contributed by atoms with Gasteiger partial charge in [0, 0.05) is 32.6 Å². The third-order valence-corrected chi connectivity index (χ3v) is 6.18. The molecule has 2 saturated heterocycles. The molecule has 1 aromatic carbocycles. The molecular formula is C22H27N3O4. The number of imide groups is 1. The van der Waals surface area contributed by atoms with Crippen LogP contribution in [0.3, 0.4) is 0 Å². The first-order valence-electron chi connectivity index (χ1n) is 10.6. The van der Waals surface area contributed by atoms with Gasteiger partial charge in [0.25, 0.3) is 11.8 Å². The number of hydrogen-bond acceptors (Lipinski definition) is 4. The Morgan fingerprint density at radius 2 is 1.55 bits per heavy atom. The number of fused-ring (bicyclic) bond motifs is 1. The van der Waals surface area contributed by atoms with Crippen LogP contribution in [0.5, 0.6) is 0 Å². The molecule has 4 rings (SSSR count). The van der Waals surface area contributed by atoms with Gasteiger partial charge >= 0.3 is 0 Å². The molecule has 1 atom stereocenters. The van der Waals surface area contributed by atoms with E-state index in [1.807, 2.05) is 4.90 Å². The highest BCUT2D eigenvalue weighted by Crippen LogP contribution is 2.24. The summed E-state index contributed by atoms with van der Waals surface area (Å²) in [6.07, 6.45) is 5.21. The van der Waals surface area contributed by atoms with Crippen molar-refractivity contribution in [3.05, 3.63) is 35.4 Å². The van der Waals surface area contributed by atoms with E-state index in [1.54, 1.807) is 29.2 Å². The summed E-state index contributed by atoms with van der Waals surface area (Å²) in [7, 11) is 0. The van der Waals surface area contributed by atoms with Gasteiger partial charge in [0.1, 0.15) is 6.04 Å². The Morgan fingerprint density at radius 1 is 0.897 bits per heavy atom. The molecule has 0 aromatic heterocycles. The fourth-order valence-electron chi connectivity index (χ4n) is 4.60. The maximum atomic E-state index is 12.7. The largest absolute Gasteiger partial charge is 0.341 e. The Hall–Kier alpha value is -2.70. The third kappa shape index (κ3) is 3.78. The summed E-state index contributed by atoms with van der Waals surface area (Å²) in [5.74, 6) is -0.415. The van der Waals surface area contributed by atoms with Crippen molar-refractivity contribution in [3.63, 3.8) is 0 Å². The van der Waals surface area contributed by atoms with Crippen molar-refractivity contribution >= 4 is 23.6 Å². The van der Waals surface area contributed by atoms with E-state index in [1.165, 1.54) is 4.90 Å². The predicted molar refractivity (Wildman–Crippen MR) is 106 cm³/mol. The summed E-state index contributed by atoms with van der Waals surface area (Å²) in [4.78, 5) is 55.0. The van der Waals surface area contributed by atoms with Gasteiger partial charge in [0.15, 0.2) is 0 Å². The number of unbranched alkanes of at least 4 members (excludes halogenated alkanes) is 1.